The first-order valence-electron chi connectivity index (χ1n) is 12.9. The van der Waals surface area contributed by atoms with Crippen LogP contribution in [0.5, 0.6) is 0 Å². The monoisotopic (exact) mass is 600 g/mol. The molecule has 5 fully saturated rings. The summed E-state index contributed by atoms with van der Waals surface area (Å²) in [6, 6.07) is 12.0. The number of hydrogen-bond donors (Lipinski definition) is 0. The Kier molecular flexibility index (Phi) is 10.7. The fourth-order valence-corrected chi connectivity index (χ4v) is 22.6. The van der Waals surface area contributed by atoms with E-state index in [2.05, 4.69) is 43.4 Å². The maximum atomic E-state index is 4.93. The molecular formula is C28H45Cl2PSiZr. The average molecular weight is 603 g/mol. The second-order valence-corrected chi connectivity index (χ2v) is 23.1. The molecule has 5 heteroatoms. The van der Waals surface area contributed by atoms with Gasteiger partial charge < -0.3 is 14.9 Å². The summed E-state index contributed by atoms with van der Waals surface area (Å²) in [5, 5.41) is 1.80. The predicted molar refractivity (Wildman–Crippen MR) is 150 cm³/mol. The van der Waals surface area contributed by atoms with Crippen molar-refractivity contribution in [3.05, 3.63) is 45.2 Å². The zero-order valence-corrected chi connectivity index (χ0v) is 27.1. The van der Waals surface area contributed by atoms with Crippen LogP contribution in [0.3, 0.4) is 0 Å². The van der Waals surface area contributed by atoms with Crippen molar-refractivity contribution in [2.75, 3.05) is 0 Å². The molecule has 184 valence electrons. The van der Waals surface area contributed by atoms with E-state index in [1.54, 1.807) is 43.8 Å². The van der Waals surface area contributed by atoms with Crippen LogP contribution < -0.4 is 5.30 Å². The number of fused-ring (bicyclic) bond motifs is 6. The van der Waals surface area contributed by atoms with E-state index >= 15 is 0 Å². The van der Waals surface area contributed by atoms with E-state index in [1.807, 2.05) is 0 Å². The third kappa shape index (κ3) is 5.20. The standard InChI is InChI=1S/C26H39PSi.2CH3.2ClH.Zr/c1-28(2)25-21-14-8-6-10-18(21)16-23(25)27(20-12-4-3-5-13-20)24-17-19-11-7-9-15-22(19)26(24)28;;;;;/h3-5,12-13,18-19,21-26H,6-11,14-17H2,1-2H3;2*1H3;2*1H;/q;2*-1;;;+4/p-2. The number of rotatable bonds is 1. The van der Waals surface area contributed by atoms with Crippen molar-refractivity contribution in [2.45, 2.75) is 99.7 Å². The van der Waals surface area contributed by atoms with Gasteiger partial charge in [0, 0.05) is 0 Å². The van der Waals surface area contributed by atoms with E-state index in [4.69, 9.17) is 17.0 Å². The van der Waals surface area contributed by atoms with Crippen LogP contribution in [0.4, 0.5) is 0 Å². The first-order valence-corrected chi connectivity index (χ1v) is 23.8. The SMILES string of the molecule is C[Si]1(C)C2C3CCCCC3CC2P(c2ccccc2)C2CC3CCCCC3C21.[CH3-].[CH3-].[Cl][Zr+2][Cl]. The van der Waals surface area contributed by atoms with E-state index in [-0.39, 0.29) is 22.8 Å². The molecule has 1 aromatic rings. The molecule has 0 nitrogen and oxygen atoms in total. The normalized spacial score (nSPS) is 41.9. The fourth-order valence-electron chi connectivity index (χ4n) is 9.61. The quantitative estimate of drug-likeness (QED) is 0.171. The van der Waals surface area contributed by atoms with Gasteiger partial charge in [0.15, 0.2) is 0 Å². The van der Waals surface area contributed by atoms with Crippen molar-refractivity contribution in [3.63, 3.8) is 0 Å². The Morgan fingerprint density at radius 2 is 1.18 bits per heavy atom. The number of halogens is 2. The van der Waals surface area contributed by atoms with Crippen LogP contribution in [-0.2, 0) is 20.8 Å². The molecule has 8 atom stereocenters. The summed E-state index contributed by atoms with van der Waals surface area (Å²) in [7, 11) is 8.70. The molecule has 1 heterocycles. The van der Waals surface area contributed by atoms with Crippen LogP contribution >= 0.6 is 24.9 Å². The molecule has 1 aromatic carbocycles. The summed E-state index contributed by atoms with van der Waals surface area (Å²) in [6.45, 7) is 5.79. The van der Waals surface area contributed by atoms with Crippen molar-refractivity contribution in [2.24, 2.45) is 23.7 Å². The molecule has 0 radical (unpaired) electrons. The second-order valence-electron chi connectivity index (χ2n) is 11.7. The van der Waals surface area contributed by atoms with Crippen LogP contribution in [0, 0.1) is 38.5 Å². The van der Waals surface area contributed by atoms with Crippen molar-refractivity contribution in [1.29, 1.82) is 0 Å². The van der Waals surface area contributed by atoms with Crippen molar-refractivity contribution >= 4 is 38.3 Å². The molecule has 4 aliphatic carbocycles. The van der Waals surface area contributed by atoms with Gasteiger partial charge in [-0.25, -0.2) is 0 Å². The van der Waals surface area contributed by atoms with Gasteiger partial charge in [0.1, 0.15) is 0 Å². The molecule has 0 bridgehead atoms. The van der Waals surface area contributed by atoms with Crippen molar-refractivity contribution in [1.82, 2.24) is 0 Å². The molecule has 0 aromatic heterocycles. The summed E-state index contributed by atoms with van der Waals surface area (Å²) in [4.78, 5) is 0. The second kappa shape index (κ2) is 12.2. The van der Waals surface area contributed by atoms with Crippen LogP contribution in [0.15, 0.2) is 30.3 Å². The van der Waals surface area contributed by atoms with E-state index in [1.165, 1.54) is 25.7 Å². The molecule has 33 heavy (non-hydrogen) atoms. The Morgan fingerprint density at radius 1 is 0.758 bits per heavy atom. The molecule has 5 aliphatic rings. The van der Waals surface area contributed by atoms with Crippen LogP contribution in [0.1, 0.15) is 64.2 Å². The van der Waals surface area contributed by atoms with E-state index in [0.29, 0.717) is 0 Å². The zero-order valence-electron chi connectivity index (χ0n) is 21.3. The van der Waals surface area contributed by atoms with Gasteiger partial charge in [-0.3, -0.25) is 0 Å². The van der Waals surface area contributed by atoms with Gasteiger partial charge in [-0.05, 0) is 64.2 Å². The molecule has 8 unspecified atom stereocenters. The molecule has 1 saturated heterocycles. The predicted octanol–water partition coefficient (Wildman–Crippen LogP) is 9.69. The van der Waals surface area contributed by atoms with Crippen LogP contribution in [-0.4, -0.2) is 19.4 Å². The van der Waals surface area contributed by atoms with E-state index in [0.717, 1.165) is 46.1 Å². The number of hydrogen-bond acceptors (Lipinski definition) is 0. The molecular weight excluding hydrogens is 557 g/mol. The molecule has 4 saturated carbocycles. The average Bonchev–Trinajstić information content (AvgIpc) is 3.35. The van der Waals surface area contributed by atoms with E-state index in [9.17, 15) is 0 Å². The maximum absolute atomic E-state index is 4.93. The topological polar surface area (TPSA) is 0 Å². The summed E-state index contributed by atoms with van der Waals surface area (Å²) in [5.74, 6) is 4.45. The van der Waals surface area contributed by atoms with Gasteiger partial charge >= 0.3 is 37.9 Å². The van der Waals surface area contributed by atoms with Gasteiger partial charge in [0.2, 0.25) is 0 Å². The van der Waals surface area contributed by atoms with Gasteiger partial charge in [-0.1, -0.05) is 103 Å². The summed E-state index contributed by atoms with van der Waals surface area (Å²) >= 11 is -0.826. The summed E-state index contributed by atoms with van der Waals surface area (Å²) in [5.41, 5.74) is 4.50. The van der Waals surface area contributed by atoms with Gasteiger partial charge in [0.25, 0.3) is 0 Å². The minimum absolute atomic E-state index is 0. The Balaban J connectivity index is 0.000000583. The van der Waals surface area contributed by atoms with Crippen LogP contribution in [0.25, 0.3) is 0 Å². The Labute approximate surface area is 226 Å². The fraction of sp³-hybridized carbons (Fsp3) is 0.714. The Bertz CT molecular complexity index is 707. The van der Waals surface area contributed by atoms with Crippen LogP contribution in [0.2, 0.25) is 24.2 Å². The van der Waals surface area contributed by atoms with Gasteiger partial charge in [-0.2, -0.15) is 0 Å². The molecule has 0 spiro atoms. The van der Waals surface area contributed by atoms with Crippen molar-refractivity contribution < 1.29 is 20.8 Å². The molecule has 1 aliphatic heterocycles. The first kappa shape index (κ1) is 28.9. The van der Waals surface area contributed by atoms with Crippen molar-refractivity contribution in [3.8, 4) is 0 Å². The first-order chi connectivity index (χ1) is 15.1. The molecule has 0 N–H and O–H groups in total. The van der Waals surface area contributed by atoms with Gasteiger partial charge in [0.05, 0.1) is 8.07 Å². The third-order valence-electron chi connectivity index (χ3n) is 10.3. The summed E-state index contributed by atoms with van der Waals surface area (Å²) < 4.78 is 0. The molecule has 6 rings (SSSR count). The third-order valence-corrected chi connectivity index (χ3v) is 19.3. The Morgan fingerprint density at radius 3 is 1.64 bits per heavy atom. The summed E-state index contributed by atoms with van der Waals surface area (Å²) in [6.07, 6.45) is 15.7. The minimum atomic E-state index is -1.23. The zero-order chi connectivity index (χ0) is 21.6. The molecule has 0 amide bonds. The Hall–Kier alpha value is 1.33. The van der Waals surface area contributed by atoms with E-state index < -0.39 is 28.9 Å². The number of benzene rings is 1. The van der Waals surface area contributed by atoms with Gasteiger partial charge in [-0.15, -0.1) is 0 Å².